The summed E-state index contributed by atoms with van der Waals surface area (Å²) < 4.78 is 11.5. The average molecular weight is 354 g/mol. The first-order chi connectivity index (χ1) is 12.7. The normalized spacial score (nSPS) is 21.2. The molecule has 2 aromatic rings. The van der Waals surface area contributed by atoms with Gasteiger partial charge in [0.15, 0.2) is 0 Å². The van der Waals surface area contributed by atoms with Gasteiger partial charge in [-0.05, 0) is 73.9 Å². The third-order valence-corrected chi connectivity index (χ3v) is 5.36. The largest absolute Gasteiger partial charge is 0.497 e. The highest BCUT2D eigenvalue weighted by Gasteiger charge is 2.27. The van der Waals surface area contributed by atoms with Crippen molar-refractivity contribution < 1.29 is 9.47 Å². The predicted molar refractivity (Wildman–Crippen MR) is 104 cm³/mol. The summed E-state index contributed by atoms with van der Waals surface area (Å²) in [7, 11) is 1.69. The summed E-state index contributed by atoms with van der Waals surface area (Å²) in [5.41, 5.74) is 1.29. The fourth-order valence-corrected chi connectivity index (χ4v) is 3.78. The highest BCUT2D eigenvalue weighted by Crippen LogP contribution is 2.33. The monoisotopic (exact) mass is 354 g/mol. The molecule has 0 aliphatic heterocycles. The van der Waals surface area contributed by atoms with Gasteiger partial charge in [-0.3, -0.25) is 4.98 Å². The van der Waals surface area contributed by atoms with Crippen molar-refractivity contribution in [3.8, 4) is 11.5 Å². The minimum Gasteiger partial charge on any atom is -0.497 e. The minimum atomic E-state index is 0.309. The Kier molecular flexibility index (Phi) is 6.89. The molecule has 1 aromatic carbocycles. The molecular weight excluding hydrogens is 324 g/mol. The summed E-state index contributed by atoms with van der Waals surface area (Å²) in [5, 5.41) is 3.59. The van der Waals surface area contributed by atoms with E-state index in [1.165, 1.54) is 18.4 Å². The lowest BCUT2D eigenvalue weighted by molar-refractivity contribution is 0.102. The number of methoxy groups -OCH3 is 1. The van der Waals surface area contributed by atoms with Gasteiger partial charge in [-0.15, -0.1) is 0 Å². The summed E-state index contributed by atoms with van der Waals surface area (Å²) in [4.78, 5) is 4.07. The maximum absolute atomic E-state index is 6.24. The van der Waals surface area contributed by atoms with Crippen molar-refractivity contribution in [3.63, 3.8) is 0 Å². The van der Waals surface area contributed by atoms with Gasteiger partial charge in [0.05, 0.1) is 13.2 Å². The molecule has 0 bridgehead atoms. The molecule has 3 atom stereocenters. The summed E-state index contributed by atoms with van der Waals surface area (Å²) in [6.07, 6.45) is 8.83. The van der Waals surface area contributed by atoms with Crippen molar-refractivity contribution in [2.45, 2.75) is 45.3 Å². The van der Waals surface area contributed by atoms with Crippen molar-refractivity contribution in [2.75, 3.05) is 13.7 Å². The second-order valence-electron chi connectivity index (χ2n) is 7.31. The molecule has 0 saturated heterocycles. The average Bonchev–Trinajstić information content (AvgIpc) is 2.69. The SMILES string of the molecule is COc1cccc(O[C@@H]2CCCC(C(C)CNCc3ccncc3)C2)c1. The van der Waals surface area contributed by atoms with Gasteiger partial charge >= 0.3 is 0 Å². The van der Waals surface area contributed by atoms with Gasteiger partial charge in [-0.2, -0.15) is 0 Å². The molecule has 1 N–H and O–H groups in total. The van der Waals surface area contributed by atoms with Crippen LogP contribution in [0.15, 0.2) is 48.8 Å². The van der Waals surface area contributed by atoms with Crippen molar-refractivity contribution >= 4 is 0 Å². The van der Waals surface area contributed by atoms with Crippen LogP contribution in [-0.4, -0.2) is 24.7 Å². The van der Waals surface area contributed by atoms with Gasteiger partial charge in [0.2, 0.25) is 0 Å². The van der Waals surface area contributed by atoms with Crippen molar-refractivity contribution in [1.29, 1.82) is 0 Å². The molecule has 0 amide bonds. The number of ether oxygens (including phenoxy) is 2. The van der Waals surface area contributed by atoms with E-state index in [0.717, 1.165) is 37.4 Å². The van der Waals surface area contributed by atoms with Gasteiger partial charge in [0.25, 0.3) is 0 Å². The smallest absolute Gasteiger partial charge is 0.123 e. The van der Waals surface area contributed by atoms with E-state index in [0.29, 0.717) is 17.9 Å². The van der Waals surface area contributed by atoms with Crippen LogP contribution in [0.5, 0.6) is 11.5 Å². The fourth-order valence-electron chi connectivity index (χ4n) is 3.78. The molecule has 1 aromatic heterocycles. The molecule has 3 rings (SSSR count). The van der Waals surface area contributed by atoms with Crippen LogP contribution in [0.25, 0.3) is 0 Å². The molecule has 1 aliphatic rings. The van der Waals surface area contributed by atoms with E-state index in [-0.39, 0.29) is 0 Å². The number of rotatable bonds is 8. The Morgan fingerprint density at radius 1 is 1.15 bits per heavy atom. The number of hydrogen-bond acceptors (Lipinski definition) is 4. The van der Waals surface area contributed by atoms with E-state index in [9.17, 15) is 0 Å². The van der Waals surface area contributed by atoms with Gasteiger partial charge in [0, 0.05) is 25.0 Å². The number of nitrogens with one attached hydrogen (secondary N) is 1. The van der Waals surface area contributed by atoms with Crippen LogP contribution in [0.3, 0.4) is 0 Å². The molecule has 1 saturated carbocycles. The van der Waals surface area contributed by atoms with Crippen molar-refractivity contribution in [2.24, 2.45) is 11.8 Å². The van der Waals surface area contributed by atoms with Crippen LogP contribution in [0.4, 0.5) is 0 Å². The summed E-state index contributed by atoms with van der Waals surface area (Å²) in [6.45, 7) is 4.31. The molecule has 1 aliphatic carbocycles. The zero-order valence-electron chi connectivity index (χ0n) is 15.9. The summed E-state index contributed by atoms with van der Waals surface area (Å²) in [6, 6.07) is 12.1. The molecule has 0 radical (unpaired) electrons. The van der Waals surface area contributed by atoms with E-state index < -0.39 is 0 Å². The van der Waals surface area contributed by atoms with Gasteiger partial charge in [0.1, 0.15) is 11.5 Å². The van der Waals surface area contributed by atoms with Crippen molar-refractivity contribution in [3.05, 3.63) is 54.4 Å². The first-order valence-electron chi connectivity index (χ1n) is 9.65. The molecule has 26 heavy (non-hydrogen) atoms. The van der Waals surface area contributed by atoms with E-state index in [1.807, 2.05) is 36.7 Å². The summed E-state index contributed by atoms with van der Waals surface area (Å²) >= 11 is 0. The topological polar surface area (TPSA) is 43.4 Å². The first kappa shape index (κ1) is 18.7. The Morgan fingerprint density at radius 2 is 1.96 bits per heavy atom. The predicted octanol–water partition coefficient (Wildman–Crippen LogP) is 4.45. The maximum Gasteiger partial charge on any atom is 0.123 e. The first-order valence-corrected chi connectivity index (χ1v) is 9.65. The maximum atomic E-state index is 6.24. The van der Waals surface area contributed by atoms with Crippen LogP contribution < -0.4 is 14.8 Å². The van der Waals surface area contributed by atoms with E-state index in [1.54, 1.807) is 7.11 Å². The van der Waals surface area contributed by atoms with Crippen molar-refractivity contribution in [1.82, 2.24) is 10.3 Å². The molecule has 4 nitrogen and oxygen atoms in total. The Bertz CT molecular complexity index is 662. The highest BCUT2D eigenvalue weighted by molar-refractivity contribution is 5.33. The Hall–Kier alpha value is -2.07. The molecule has 0 spiro atoms. The third kappa shape index (κ3) is 5.46. The Morgan fingerprint density at radius 3 is 2.77 bits per heavy atom. The summed E-state index contributed by atoms with van der Waals surface area (Å²) in [5.74, 6) is 3.12. The second-order valence-corrected chi connectivity index (χ2v) is 7.31. The molecule has 1 fully saturated rings. The molecule has 4 heteroatoms. The molecule has 140 valence electrons. The third-order valence-electron chi connectivity index (χ3n) is 5.36. The van der Waals surface area contributed by atoms with Crippen LogP contribution in [0, 0.1) is 11.8 Å². The highest BCUT2D eigenvalue weighted by atomic mass is 16.5. The van der Waals surface area contributed by atoms with Crippen LogP contribution >= 0.6 is 0 Å². The van der Waals surface area contributed by atoms with Gasteiger partial charge < -0.3 is 14.8 Å². The van der Waals surface area contributed by atoms with E-state index >= 15 is 0 Å². The van der Waals surface area contributed by atoms with Crippen LogP contribution in [-0.2, 0) is 6.54 Å². The number of pyridine rings is 1. The molecule has 1 heterocycles. The quantitative estimate of drug-likeness (QED) is 0.760. The number of aromatic nitrogens is 1. The molecule has 2 unspecified atom stereocenters. The van der Waals surface area contributed by atoms with Crippen LogP contribution in [0.2, 0.25) is 0 Å². The van der Waals surface area contributed by atoms with E-state index in [2.05, 4.69) is 29.4 Å². The number of nitrogens with zero attached hydrogens (tertiary/aromatic N) is 1. The van der Waals surface area contributed by atoms with E-state index in [4.69, 9.17) is 9.47 Å². The number of benzene rings is 1. The standard InChI is InChI=1S/C22H30N2O2/c1-17(15-24-16-18-9-11-23-12-10-18)19-5-3-7-21(13-19)26-22-8-4-6-20(14-22)25-2/h4,6,8-12,14,17,19,21,24H,3,5,7,13,15-16H2,1-2H3/t17?,19?,21-/m1/s1. The lowest BCUT2D eigenvalue weighted by Crippen LogP contribution is -2.33. The fraction of sp³-hybridized carbons (Fsp3) is 0.500. The van der Waals surface area contributed by atoms with Gasteiger partial charge in [-0.1, -0.05) is 13.0 Å². The second kappa shape index (κ2) is 9.58. The Balaban J connectivity index is 1.46. The minimum absolute atomic E-state index is 0.309. The Labute approximate surface area is 156 Å². The zero-order chi connectivity index (χ0) is 18.2. The number of hydrogen-bond donors (Lipinski definition) is 1. The molecular formula is C22H30N2O2. The zero-order valence-corrected chi connectivity index (χ0v) is 15.9. The van der Waals surface area contributed by atoms with Crippen LogP contribution in [0.1, 0.15) is 38.2 Å². The lowest BCUT2D eigenvalue weighted by Gasteiger charge is -2.33. The van der Waals surface area contributed by atoms with Gasteiger partial charge in [-0.25, -0.2) is 0 Å². The lowest BCUT2D eigenvalue weighted by atomic mass is 9.79.